The lowest BCUT2D eigenvalue weighted by Crippen LogP contribution is -2.54. The third kappa shape index (κ3) is 3.27. The molecule has 0 bridgehead atoms. The molecular weight excluding hydrogens is 276 g/mol. The Morgan fingerprint density at radius 2 is 1.89 bits per heavy atom. The molecule has 1 saturated heterocycles. The van der Waals surface area contributed by atoms with Crippen LogP contribution in [0.15, 0.2) is 24.3 Å². The van der Waals surface area contributed by atoms with Crippen LogP contribution in [0.4, 0.5) is 0 Å². The first kappa shape index (κ1) is 15.2. The molecule has 2 rings (SSSR count). The van der Waals surface area contributed by atoms with E-state index in [1.54, 1.807) is 0 Å². The highest BCUT2D eigenvalue weighted by molar-refractivity contribution is 7.99. The molecule has 0 radical (unpaired) electrons. The third-order valence-corrected chi connectivity index (χ3v) is 5.72. The molecule has 19 heavy (non-hydrogen) atoms. The second-order valence-corrected chi connectivity index (χ2v) is 7.04. The molecule has 0 aromatic heterocycles. The van der Waals surface area contributed by atoms with Gasteiger partial charge in [0.2, 0.25) is 0 Å². The van der Waals surface area contributed by atoms with Gasteiger partial charge in [-0.2, -0.15) is 11.8 Å². The van der Waals surface area contributed by atoms with Crippen molar-refractivity contribution in [2.45, 2.75) is 31.3 Å². The van der Waals surface area contributed by atoms with Gasteiger partial charge >= 0.3 is 0 Å². The van der Waals surface area contributed by atoms with Crippen LogP contribution in [0, 0.1) is 0 Å². The van der Waals surface area contributed by atoms with Crippen molar-refractivity contribution < 1.29 is 0 Å². The first-order chi connectivity index (χ1) is 9.09. The molecule has 1 aromatic rings. The fourth-order valence-electron chi connectivity index (χ4n) is 2.83. The summed E-state index contributed by atoms with van der Waals surface area (Å²) in [5.74, 6) is 2.43. The van der Waals surface area contributed by atoms with Crippen molar-refractivity contribution in [3.63, 3.8) is 0 Å². The summed E-state index contributed by atoms with van der Waals surface area (Å²) in [6.45, 7) is 2.99. The summed E-state index contributed by atoms with van der Waals surface area (Å²) in [6, 6.07) is 8.53. The number of nitrogens with two attached hydrogens (primary N) is 1. The fraction of sp³-hybridized carbons (Fsp3) is 0.600. The van der Waals surface area contributed by atoms with Crippen LogP contribution in [0.5, 0.6) is 0 Å². The maximum Gasteiger partial charge on any atom is 0.0406 e. The number of halogens is 1. The standard InChI is InChI=1S/C15H23ClN2S/c1-12(13-3-5-14(16)6-4-13)18(2)15(11-17)7-9-19-10-8-15/h3-6,12H,7-11,17H2,1-2H3. The first-order valence-corrected chi connectivity index (χ1v) is 8.38. The van der Waals surface area contributed by atoms with Gasteiger partial charge in [-0.05, 0) is 56.0 Å². The first-order valence-electron chi connectivity index (χ1n) is 6.85. The molecule has 1 aliphatic heterocycles. The van der Waals surface area contributed by atoms with E-state index in [2.05, 4.69) is 31.0 Å². The SMILES string of the molecule is CC(c1ccc(Cl)cc1)N(C)C1(CN)CCSCC1. The molecule has 106 valence electrons. The number of hydrogen-bond donors (Lipinski definition) is 1. The predicted octanol–water partition coefficient (Wildman–Crippen LogP) is 3.56. The van der Waals surface area contributed by atoms with Crippen molar-refractivity contribution in [1.29, 1.82) is 0 Å². The van der Waals surface area contributed by atoms with Gasteiger partial charge in [-0.25, -0.2) is 0 Å². The van der Waals surface area contributed by atoms with Gasteiger partial charge in [0, 0.05) is 23.1 Å². The lowest BCUT2D eigenvalue weighted by atomic mass is 9.88. The molecule has 1 atom stereocenters. The molecular formula is C15H23ClN2S. The average molecular weight is 299 g/mol. The number of likely N-dealkylation sites (N-methyl/N-ethyl adjacent to an activating group) is 1. The summed E-state index contributed by atoms with van der Waals surface area (Å²) in [5.41, 5.74) is 7.57. The summed E-state index contributed by atoms with van der Waals surface area (Å²) in [7, 11) is 2.21. The number of nitrogens with zero attached hydrogens (tertiary/aromatic N) is 1. The molecule has 1 unspecified atom stereocenters. The normalized spacial score (nSPS) is 20.5. The zero-order valence-electron chi connectivity index (χ0n) is 11.7. The quantitative estimate of drug-likeness (QED) is 0.921. The number of rotatable bonds is 4. The van der Waals surface area contributed by atoms with E-state index in [0.29, 0.717) is 6.04 Å². The molecule has 2 nitrogen and oxygen atoms in total. The zero-order chi connectivity index (χ0) is 13.9. The highest BCUT2D eigenvalue weighted by Crippen LogP contribution is 2.36. The Morgan fingerprint density at radius 1 is 1.32 bits per heavy atom. The number of thioether (sulfide) groups is 1. The fourth-order valence-corrected chi connectivity index (χ4v) is 4.21. The van der Waals surface area contributed by atoms with Crippen LogP contribution < -0.4 is 5.73 Å². The largest absolute Gasteiger partial charge is 0.329 e. The predicted molar refractivity (Wildman–Crippen MR) is 86.0 cm³/mol. The Hall–Kier alpha value is -0.220. The summed E-state index contributed by atoms with van der Waals surface area (Å²) in [5, 5.41) is 0.793. The highest BCUT2D eigenvalue weighted by Gasteiger charge is 2.37. The van der Waals surface area contributed by atoms with Crippen LogP contribution in [0.25, 0.3) is 0 Å². The maximum absolute atomic E-state index is 6.11. The van der Waals surface area contributed by atoms with Gasteiger partial charge in [0.1, 0.15) is 0 Å². The molecule has 0 aliphatic carbocycles. The van der Waals surface area contributed by atoms with Gasteiger partial charge in [-0.3, -0.25) is 4.90 Å². The molecule has 1 aliphatic rings. The van der Waals surface area contributed by atoms with Crippen LogP contribution in [-0.4, -0.2) is 35.5 Å². The van der Waals surface area contributed by atoms with E-state index in [4.69, 9.17) is 17.3 Å². The average Bonchev–Trinajstić information content (AvgIpc) is 2.47. The van der Waals surface area contributed by atoms with Gasteiger partial charge < -0.3 is 5.73 Å². The lowest BCUT2D eigenvalue weighted by Gasteiger charge is -2.46. The second-order valence-electron chi connectivity index (χ2n) is 5.38. The van der Waals surface area contributed by atoms with Crippen molar-refractivity contribution in [2.24, 2.45) is 5.73 Å². The van der Waals surface area contributed by atoms with Crippen molar-refractivity contribution >= 4 is 23.4 Å². The number of benzene rings is 1. The maximum atomic E-state index is 6.11. The molecule has 1 heterocycles. The Morgan fingerprint density at radius 3 is 2.42 bits per heavy atom. The minimum Gasteiger partial charge on any atom is -0.329 e. The van der Waals surface area contributed by atoms with E-state index < -0.39 is 0 Å². The van der Waals surface area contributed by atoms with Gasteiger partial charge in [0.05, 0.1) is 0 Å². The van der Waals surface area contributed by atoms with Crippen molar-refractivity contribution in [3.8, 4) is 0 Å². The van der Waals surface area contributed by atoms with Crippen molar-refractivity contribution in [1.82, 2.24) is 4.90 Å². The minimum atomic E-state index is 0.157. The molecule has 1 aromatic carbocycles. The lowest BCUT2D eigenvalue weighted by molar-refractivity contribution is 0.0756. The third-order valence-electron chi connectivity index (χ3n) is 4.49. The van der Waals surface area contributed by atoms with E-state index in [1.807, 2.05) is 23.9 Å². The molecule has 0 spiro atoms. The Bertz CT molecular complexity index is 401. The summed E-state index contributed by atoms with van der Waals surface area (Å²) < 4.78 is 0. The summed E-state index contributed by atoms with van der Waals surface area (Å²) >= 11 is 8.00. The van der Waals surface area contributed by atoms with Crippen LogP contribution in [0.2, 0.25) is 5.02 Å². The van der Waals surface area contributed by atoms with Crippen LogP contribution in [0.1, 0.15) is 31.4 Å². The summed E-state index contributed by atoms with van der Waals surface area (Å²) in [4.78, 5) is 2.47. The van der Waals surface area contributed by atoms with Crippen LogP contribution in [-0.2, 0) is 0 Å². The van der Waals surface area contributed by atoms with Gasteiger partial charge in [-0.15, -0.1) is 0 Å². The monoisotopic (exact) mass is 298 g/mol. The molecule has 2 N–H and O–H groups in total. The minimum absolute atomic E-state index is 0.157. The molecule has 4 heteroatoms. The Balaban J connectivity index is 2.16. The van der Waals surface area contributed by atoms with E-state index >= 15 is 0 Å². The van der Waals surface area contributed by atoms with Crippen molar-refractivity contribution in [2.75, 3.05) is 25.1 Å². The van der Waals surface area contributed by atoms with E-state index in [9.17, 15) is 0 Å². The van der Waals surface area contributed by atoms with Gasteiger partial charge in [-0.1, -0.05) is 23.7 Å². The highest BCUT2D eigenvalue weighted by atomic mass is 35.5. The van der Waals surface area contributed by atoms with E-state index in [-0.39, 0.29) is 5.54 Å². The van der Waals surface area contributed by atoms with Gasteiger partial charge in [0.15, 0.2) is 0 Å². The molecule has 0 saturated carbocycles. The van der Waals surface area contributed by atoms with Crippen molar-refractivity contribution in [3.05, 3.63) is 34.9 Å². The zero-order valence-corrected chi connectivity index (χ0v) is 13.3. The number of hydrogen-bond acceptors (Lipinski definition) is 3. The molecule has 1 fully saturated rings. The van der Waals surface area contributed by atoms with Gasteiger partial charge in [0.25, 0.3) is 0 Å². The molecule has 0 amide bonds. The Labute approximate surface area is 125 Å². The summed E-state index contributed by atoms with van der Waals surface area (Å²) in [6.07, 6.45) is 2.37. The van der Waals surface area contributed by atoms with Crippen LogP contribution in [0.3, 0.4) is 0 Å². The smallest absolute Gasteiger partial charge is 0.0406 e. The van der Waals surface area contributed by atoms with E-state index in [1.165, 1.54) is 29.9 Å². The van der Waals surface area contributed by atoms with Crippen LogP contribution >= 0.6 is 23.4 Å². The second kappa shape index (κ2) is 6.49. The topological polar surface area (TPSA) is 29.3 Å². The van der Waals surface area contributed by atoms with E-state index in [0.717, 1.165) is 11.6 Å². The Kier molecular flexibility index (Phi) is 5.18.